The first kappa shape index (κ1) is 33.2. The molecule has 3 heterocycles. The predicted molar refractivity (Wildman–Crippen MR) is 183 cm³/mol. The lowest BCUT2D eigenvalue weighted by atomic mass is 9.96. The molecule has 254 valence electrons. The van der Waals surface area contributed by atoms with E-state index in [0.29, 0.717) is 41.8 Å². The number of rotatable bonds is 12. The van der Waals surface area contributed by atoms with Crippen molar-refractivity contribution in [2.75, 3.05) is 13.2 Å². The lowest BCUT2D eigenvalue weighted by Gasteiger charge is -2.26. The second kappa shape index (κ2) is 15.0. The van der Waals surface area contributed by atoms with Crippen LogP contribution in [0.4, 0.5) is 4.79 Å². The molecule has 48 heavy (non-hydrogen) atoms. The number of hydrogen-bond donors (Lipinski definition) is 1. The molecule has 11 heteroatoms. The highest BCUT2D eigenvalue weighted by Gasteiger charge is 2.35. The van der Waals surface area contributed by atoms with Gasteiger partial charge in [-0.05, 0) is 74.8 Å². The molecule has 0 bridgehead atoms. The van der Waals surface area contributed by atoms with E-state index in [0.717, 1.165) is 74.9 Å². The number of nitrogens with zero attached hydrogens (tertiary/aromatic N) is 4. The highest BCUT2D eigenvalue weighted by atomic mass is 16.8. The quantitative estimate of drug-likeness (QED) is 0.128. The molecular formula is C37H46N5O6+. The van der Waals surface area contributed by atoms with Gasteiger partial charge < -0.3 is 18.9 Å². The van der Waals surface area contributed by atoms with E-state index in [1.165, 1.54) is 18.1 Å². The minimum absolute atomic E-state index is 0.156. The molecule has 0 radical (unpaired) electrons. The Kier molecular flexibility index (Phi) is 10.4. The van der Waals surface area contributed by atoms with Crippen LogP contribution in [0.25, 0.3) is 16.6 Å². The molecule has 3 aromatic rings. The molecule has 3 aliphatic rings. The number of allylic oxidation sites excluding steroid dienone is 1. The topological polar surface area (TPSA) is 116 Å². The van der Waals surface area contributed by atoms with Gasteiger partial charge in [0.15, 0.2) is 12.1 Å². The van der Waals surface area contributed by atoms with E-state index in [4.69, 9.17) is 23.9 Å². The number of esters is 1. The summed E-state index contributed by atoms with van der Waals surface area (Å²) in [5.74, 6) is 0.320. The van der Waals surface area contributed by atoms with E-state index in [2.05, 4.69) is 59.4 Å². The molecular weight excluding hydrogens is 610 g/mol. The standard InChI is InChI=1S/C37H46N5O6/c1-5-11-30(34-38-22-28-20-21-42(28)40-34)24(3)27-18-16-26(17-19-27)23-41-33-31(14-10-15-32(33)39-36(41)45-6-2)35(43)46-25(4)47-37(44)48-29-12-8-7-9-13-29/h10,14-19,21,25,28-29H,5-9,11-13,20,22-23H2,1-4H3,(H,38,40)/q+1. The van der Waals surface area contributed by atoms with Crippen LogP contribution in [-0.4, -0.2) is 70.0 Å². The fraction of sp³-hybridized carbons (Fsp3) is 0.486. The fourth-order valence-corrected chi connectivity index (χ4v) is 6.56. The molecule has 2 atom stereocenters. The normalized spacial score (nSPS) is 18.7. The lowest BCUT2D eigenvalue weighted by molar-refractivity contribution is -0.625. The van der Waals surface area contributed by atoms with Crippen molar-refractivity contribution in [3.63, 3.8) is 0 Å². The number of carbonyl (C=O) groups excluding carboxylic acids is 2. The number of para-hydroxylation sites is 1. The SMILES string of the molecule is CCCC(C1=NCC2CC=[N+]2N1)=C(C)c1ccc(Cn2c(OCC)nc3cccc(C(=O)OC(C)OC(=O)OC4CCCCC4)c32)cc1. The van der Waals surface area contributed by atoms with Gasteiger partial charge in [0, 0.05) is 12.5 Å². The van der Waals surface area contributed by atoms with E-state index in [1.54, 1.807) is 12.1 Å². The zero-order valence-electron chi connectivity index (χ0n) is 28.4. The first-order valence-electron chi connectivity index (χ1n) is 17.3. The Hall–Kier alpha value is -4.67. The maximum absolute atomic E-state index is 13.5. The smallest absolute Gasteiger partial charge is 0.465 e. The summed E-state index contributed by atoms with van der Waals surface area (Å²) in [6.07, 6.45) is 7.92. The van der Waals surface area contributed by atoms with Gasteiger partial charge in [-0.3, -0.25) is 9.56 Å². The number of aromatic nitrogens is 2. The van der Waals surface area contributed by atoms with E-state index >= 15 is 0 Å². The molecule has 6 rings (SSSR count). The summed E-state index contributed by atoms with van der Waals surface area (Å²) in [5.41, 5.74) is 9.53. The Balaban J connectivity index is 1.21. The van der Waals surface area contributed by atoms with Crippen molar-refractivity contribution >= 4 is 40.8 Å². The number of fused-ring (bicyclic) bond motifs is 2. The zero-order chi connectivity index (χ0) is 33.6. The van der Waals surface area contributed by atoms with Crippen LogP contribution in [0.3, 0.4) is 0 Å². The monoisotopic (exact) mass is 656 g/mol. The van der Waals surface area contributed by atoms with Crippen LogP contribution in [-0.2, 0) is 20.8 Å². The lowest BCUT2D eigenvalue weighted by Crippen LogP contribution is -2.54. The van der Waals surface area contributed by atoms with Crippen LogP contribution in [0.15, 0.2) is 53.0 Å². The Labute approximate surface area is 281 Å². The molecule has 2 aromatic carbocycles. The summed E-state index contributed by atoms with van der Waals surface area (Å²) in [7, 11) is 0. The van der Waals surface area contributed by atoms with Gasteiger partial charge in [0.2, 0.25) is 12.3 Å². The largest absolute Gasteiger partial charge is 0.511 e. The number of ether oxygens (including phenoxy) is 4. The molecule has 11 nitrogen and oxygen atoms in total. The van der Waals surface area contributed by atoms with Crippen molar-refractivity contribution in [1.82, 2.24) is 15.0 Å². The van der Waals surface area contributed by atoms with Crippen molar-refractivity contribution in [3.8, 4) is 6.01 Å². The van der Waals surface area contributed by atoms with E-state index in [9.17, 15) is 9.59 Å². The number of amidine groups is 1. The van der Waals surface area contributed by atoms with E-state index in [1.807, 2.05) is 17.6 Å². The third kappa shape index (κ3) is 7.40. The molecule has 1 fully saturated rings. The number of nitrogens with one attached hydrogen (secondary N) is 1. The van der Waals surface area contributed by atoms with Crippen LogP contribution >= 0.6 is 0 Å². The summed E-state index contributed by atoms with van der Waals surface area (Å²) in [4.78, 5) is 35.4. The second-order valence-corrected chi connectivity index (χ2v) is 12.6. The molecule has 0 spiro atoms. The summed E-state index contributed by atoms with van der Waals surface area (Å²) >= 11 is 0. The van der Waals surface area contributed by atoms with Crippen LogP contribution in [0.1, 0.15) is 101 Å². The van der Waals surface area contributed by atoms with Gasteiger partial charge in [0.05, 0.1) is 36.2 Å². The maximum Gasteiger partial charge on any atom is 0.511 e. The van der Waals surface area contributed by atoms with Gasteiger partial charge in [-0.1, -0.05) is 50.1 Å². The average molecular weight is 657 g/mol. The highest BCUT2D eigenvalue weighted by Crippen LogP contribution is 2.29. The minimum atomic E-state index is -1.13. The van der Waals surface area contributed by atoms with Crippen molar-refractivity contribution in [3.05, 3.63) is 64.7 Å². The van der Waals surface area contributed by atoms with Crippen LogP contribution in [0.5, 0.6) is 6.01 Å². The Bertz CT molecular complexity index is 1730. The third-order valence-electron chi connectivity index (χ3n) is 9.20. The van der Waals surface area contributed by atoms with E-state index < -0.39 is 18.4 Å². The highest BCUT2D eigenvalue weighted by molar-refractivity contribution is 6.04. The number of hydrogen-bond acceptors (Lipinski definition) is 9. The number of hydrazine groups is 1. The Morgan fingerprint density at radius 2 is 1.85 bits per heavy atom. The van der Waals surface area contributed by atoms with Gasteiger partial charge in [-0.2, -0.15) is 4.98 Å². The van der Waals surface area contributed by atoms with Crippen molar-refractivity contribution in [1.29, 1.82) is 0 Å². The van der Waals surface area contributed by atoms with Crippen LogP contribution in [0, 0.1) is 0 Å². The third-order valence-corrected chi connectivity index (χ3v) is 9.20. The van der Waals surface area contributed by atoms with Gasteiger partial charge in [-0.15, -0.1) is 10.1 Å². The number of hydrazone groups is 1. The second-order valence-electron chi connectivity index (χ2n) is 12.6. The maximum atomic E-state index is 13.5. The van der Waals surface area contributed by atoms with Gasteiger partial charge in [0.1, 0.15) is 12.6 Å². The number of carbonyl (C=O) groups is 2. The van der Waals surface area contributed by atoms with Gasteiger partial charge in [-0.25, -0.2) is 9.59 Å². The molecule has 1 N–H and O–H groups in total. The van der Waals surface area contributed by atoms with Crippen LogP contribution < -0.4 is 10.2 Å². The molecule has 1 saturated carbocycles. The molecule has 2 aliphatic heterocycles. The first-order chi connectivity index (χ1) is 23.3. The van der Waals surface area contributed by atoms with E-state index in [-0.39, 0.29) is 6.10 Å². The molecule has 0 amide bonds. The molecule has 1 aliphatic carbocycles. The number of imidazole rings is 1. The summed E-state index contributed by atoms with van der Waals surface area (Å²) in [6.45, 7) is 9.39. The fourth-order valence-electron chi connectivity index (χ4n) is 6.56. The molecule has 2 unspecified atom stereocenters. The van der Waals surface area contributed by atoms with Crippen molar-refractivity contribution < 1.29 is 33.2 Å². The van der Waals surface area contributed by atoms with Crippen LogP contribution in [0.2, 0.25) is 0 Å². The average Bonchev–Trinajstić information content (AvgIpc) is 3.41. The Morgan fingerprint density at radius 1 is 1.06 bits per heavy atom. The van der Waals surface area contributed by atoms with Gasteiger partial charge >= 0.3 is 12.1 Å². The predicted octanol–water partition coefficient (Wildman–Crippen LogP) is 6.82. The first-order valence-corrected chi connectivity index (χ1v) is 17.3. The van der Waals surface area contributed by atoms with Crippen molar-refractivity contribution in [2.45, 2.75) is 104 Å². The summed E-state index contributed by atoms with van der Waals surface area (Å²) < 4.78 is 26.2. The van der Waals surface area contributed by atoms with Gasteiger partial charge in [0.25, 0.3) is 6.01 Å². The number of benzene rings is 2. The summed E-state index contributed by atoms with van der Waals surface area (Å²) in [6, 6.07) is 14.6. The Morgan fingerprint density at radius 3 is 2.54 bits per heavy atom. The zero-order valence-corrected chi connectivity index (χ0v) is 28.4. The summed E-state index contributed by atoms with van der Waals surface area (Å²) in [5, 5.41) is 0. The minimum Gasteiger partial charge on any atom is -0.465 e. The van der Waals surface area contributed by atoms with Crippen molar-refractivity contribution in [2.24, 2.45) is 4.99 Å². The molecule has 0 saturated heterocycles. The number of aliphatic imine (C=N–C) groups is 1. The molecule has 1 aromatic heterocycles.